The number of carbonyl (C=O) groups excluding carboxylic acids is 3. The molecular formula is C56H76N3O12+. The molecule has 386 valence electrons. The average Bonchev–Trinajstić information content (AvgIpc) is 3.57. The molecule has 3 N–H and O–H groups in total. The van der Waals surface area contributed by atoms with Gasteiger partial charge in [-0.2, -0.15) is 0 Å². The molecular weight excluding hydrogens is 907 g/mol. The highest BCUT2D eigenvalue weighted by molar-refractivity contribution is 6.26. The number of quaternary nitrogens is 1. The summed E-state index contributed by atoms with van der Waals surface area (Å²) in [5.41, 5.74) is -0.338. The molecule has 15 heteroatoms. The number of benzene rings is 3. The molecule has 0 saturated heterocycles. The molecule has 0 spiro atoms. The van der Waals surface area contributed by atoms with Crippen LogP contribution in [0.5, 0.6) is 17.2 Å². The number of anilines is 1. The van der Waals surface area contributed by atoms with Crippen LogP contribution in [0.2, 0.25) is 0 Å². The highest BCUT2D eigenvalue weighted by Crippen LogP contribution is 2.49. The first-order valence-corrected chi connectivity index (χ1v) is 24.9. The molecule has 2 aliphatic heterocycles. The number of aromatic nitrogens is 1. The van der Waals surface area contributed by atoms with Gasteiger partial charge in [-0.25, -0.2) is 4.98 Å². The molecule has 9 atom stereocenters. The largest absolute Gasteiger partial charge is 0.505 e. The number of carbonyl (C=O) groups is 3. The number of phenolic OH excluding ortho intramolecular Hbond substituents is 1. The average molecular weight is 983 g/mol. The summed E-state index contributed by atoms with van der Waals surface area (Å²) in [6.07, 6.45) is 5.78. The lowest BCUT2D eigenvalue weighted by molar-refractivity contribution is -1.01. The number of methoxy groups -OCH3 is 1. The first-order valence-electron chi connectivity index (χ1n) is 24.9. The number of amides is 1. The molecule has 1 amide bonds. The van der Waals surface area contributed by atoms with Gasteiger partial charge in [0.05, 0.1) is 47.0 Å². The predicted octanol–water partition coefficient (Wildman–Crippen LogP) is 10.1. The molecule has 4 aromatic rings. The number of hydrogen-bond donors (Lipinski definition) is 3. The van der Waals surface area contributed by atoms with Crippen LogP contribution in [-0.4, -0.2) is 99.3 Å². The molecule has 0 radical (unpaired) electrons. The molecule has 15 nitrogen and oxygen atoms in total. The third kappa shape index (κ3) is 10.1. The lowest BCUT2D eigenvalue weighted by atomic mass is 9.73. The quantitative estimate of drug-likeness (QED) is 0.0497. The van der Waals surface area contributed by atoms with Crippen LogP contribution in [0, 0.1) is 36.5 Å². The van der Waals surface area contributed by atoms with Gasteiger partial charge in [0.1, 0.15) is 47.5 Å². The number of aromatic hydroxyl groups is 1. The van der Waals surface area contributed by atoms with E-state index in [2.05, 4.69) is 53.8 Å². The molecule has 0 saturated carbocycles. The Morgan fingerprint density at radius 1 is 0.958 bits per heavy atom. The fraction of sp³-hybridized carbons (Fsp3) is 0.554. The number of allylic oxidation sites excluding steroid dienone is 2. The molecule has 3 heterocycles. The van der Waals surface area contributed by atoms with Crippen molar-refractivity contribution in [3.05, 3.63) is 75.7 Å². The SMILES string of the molecule is CO[C@H]1/C=C/O[C@@]2(C)Oc3c(C)c(=O)c4c(O)c(c5oc6cc(OCC[N+](C(C)C)(C(C)C)C(C)(C)C)ccc6nc5c4c3C2=O)NC(=O)/C(C)=C\C=C\[C@H](C)[C@H](O)[C@@H](C)[C@@H](C)[C@@H](C)[C@H](OC(C)=O)[C@@H]1C. The normalized spacial score (nSPS) is 27.7. The number of fused-ring (bicyclic) bond motifs is 2. The Morgan fingerprint density at radius 2 is 1.62 bits per heavy atom. The van der Waals surface area contributed by atoms with Crippen LogP contribution >= 0.6 is 0 Å². The monoisotopic (exact) mass is 983 g/mol. The van der Waals surface area contributed by atoms with Crippen molar-refractivity contribution in [2.75, 3.05) is 25.6 Å². The summed E-state index contributed by atoms with van der Waals surface area (Å²) in [5, 5.41) is 26.3. The topological polar surface area (TPSA) is 193 Å². The van der Waals surface area contributed by atoms with E-state index in [9.17, 15) is 29.4 Å². The van der Waals surface area contributed by atoms with Crippen molar-refractivity contribution in [2.24, 2.45) is 29.6 Å². The zero-order valence-corrected chi connectivity index (χ0v) is 44.7. The number of phenols is 1. The van der Waals surface area contributed by atoms with Gasteiger partial charge in [-0.05, 0) is 98.3 Å². The Labute approximate surface area is 417 Å². The fourth-order valence-electron chi connectivity index (χ4n) is 11.4. The van der Waals surface area contributed by atoms with E-state index in [1.807, 2.05) is 34.6 Å². The van der Waals surface area contributed by atoms with Gasteiger partial charge in [0, 0.05) is 55.4 Å². The van der Waals surface area contributed by atoms with Gasteiger partial charge in [0.25, 0.3) is 11.7 Å². The molecule has 71 heavy (non-hydrogen) atoms. The lowest BCUT2D eigenvalue weighted by Crippen LogP contribution is -2.68. The number of hydrogen-bond acceptors (Lipinski definition) is 13. The molecule has 2 aliphatic rings. The summed E-state index contributed by atoms with van der Waals surface area (Å²) in [4.78, 5) is 61.0. The number of nitrogens with one attached hydrogen (secondary N) is 1. The third-order valence-corrected chi connectivity index (χ3v) is 15.7. The first kappa shape index (κ1) is 54.6. The van der Waals surface area contributed by atoms with Gasteiger partial charge in [0.15, 0.2) is 22.3 Å². The number of ether oxygens (including phenoxy) is 5. The van der Waals surface area contributed by atoms with Gasteiger partial charge in [-0.15, -0.1) is 0 Å². The lowest BCUT2D eigenvalue weighted by Gasteiger charge is -2.54. The Bertz CT molecular complexity index is 2850. The number of aliphatic hydroxyl groups is 1. The molecule has 3 aromatic carbocycles. The maximum absolute atomic E-state index is 14.9. The van der Waals surface area contributed by atoms with E-state index < -0.39 is 58.9 Å². The summed E-state index contributed by atoms with van der Waals surface area (Å²) < 4.78 is 38.1. The van der Waals surface area contributed by atoms with Crippen LogP contribution in [0.3, 0.4) is 0 Å². The predicted molar refractivity (Wildman–Crippen MR) is 276 cm³/mol. The third-order valence-electron chi connectivity index (χ3n) is 15.7. The fourth-order valence-corrected chi connectivity index (χ4v) is 11.4. The first-order chi connectivity index (χ1) is 33.1. The van der Waals surface area contributed by atoms with E-state index >= 15 is 0 Å². The zero-order valence-electron chi connectivity index (χ0n) is 44.7. The number of ketones is 1. The van der Waals surface area contributed by atoms with Crippen LogP contribution in [0.1, 0.15) is 120 Å². The van der Waals surface area contributed by atoms with Crippen molar-refractivity contribution in [3.63, 3.8) is 0 Å². The Kier molecular flexibility index (Phi) is 15.9. The number of aliphatic hydroxyl groups excluding tert-OH is 1. The molecule has 0 unspecified atom stereocenters. The van der Waals surface area contributed by atoms with E-state index in [0.717, 1.165) is 11.0 Å². The summed E-state index contributed by atoms with van der Waals surface area (Å²) in [6, 6.07) is 5.81. The van der Waals surface area contributed by atoms with Crippen LogP contribution < -0.4 is 20.2 Å². The number of esters is 1. The Balaban J connectivity index is 1.55. The second-order valence-corrected chi connectivity index (χ2v) is 21.6. The second kappa shape index (κ2) is 20.8. The van der Waals surface area contributed by atoms with Crippen LogP contribution in [-0.2, 0) is 23.8 Å². The van der Waals surface area contributed by atoms with E-state index in [-0.39, 0.29) is 84.8 Å². The van der Waals surface area contributed by atoms with Crippen LogP contribution in [0.15, 0.2) is 63.6 Å². The van der Waals surface area contributed by atoms with Gasteiger partial charge in [0.2, 0.25) is 0 Å². The van der Waals surface area contributed by atoms with Crippen LogP contribution in [0.25, 0.3) is 33.0 Å². The van der Waals surface area contributed by atoms with E-state index in [4.69, 9.17) is 33.1 Å². The van der Waals surface area contributed by atoms with Crippen molar-refractivity contribution in [1.29, 1.82) is 0 Å². The van der Waals surface area contributed by atoms with Crippen molar-refractivity contribution < 1.29 is 57.2 Å². The van der Waals surface area contributed by atoms with E-state index in [0.29, 0.717) is 30.0 Å². The van der Waals surface area contributed by atoms with E-state index in [1.54, 1.807) is 49.4 Å². The minimum absolute atomic E-state index is 0.00142. The number of Topliss-reactive ketones (excluding diaryl/α,β-unsaturated/α-hetero) is 1. The molecule has 0 fully saturated rings. The van der Waals surface area contributed by atoms with Gasteiger partial charge in [-0.1, -0.05) is 52.8 Å². The minimum atomic E-state index is -2.02. The summed E-state index contributed by atoms with van der Waals surface area (Å²) >= 11 is 0. The number of rotatable bonds is 8. The second-order valence-electron chi connectivity index (χ2n) is 21.6. The highest BCUT2D eigenvalue weighted by atomic mass is 16.7. The van der Waals surface area contributed by atoms with Crippen molar-refractivity contribution >= 4 is 56.3 Å². The highest BCUT2D eigenvalue weighted by Gasteiger charge is 2.50. The molecule has 0 aliphatic carbocycles. The minimum Gasteiger partial charge on any atom is -0.505 e. The van der Waals surface area contributed by atoms with Gasteiger partial charge >= 0.3 is 11.8 Å². The summed E-state index contributed by atoms with van der Waals surface area (Å²) in [5.74, 6) is -5.46. The summed E-state index contributed by atoms with van der Waals surface area (Å²) in [6.45, 7) is 32.3. The molecule has 1 aromatic heterocycles. The van der Waals surface area contributed by atoms with Crippen molar-refractivity contribution in [2.45, 2.75) is 153 Å². The maximum Gasteiger partial charge on any atom is 0.312 e. The summed E-state index contributed by atoms with van der Waals surface area (Å²) in [7, 11) is 1.51. The Hall–Kier alpha value is -5.77. The van der Waals surface area contributed by atoms with Gasteiger partial charge in [-0.3, -0.25) is 19.2 Å². The Morgan fingerprint density at radius 3 is 2.23 bits per heavy atom. The van der Waals surface area contributed by atoms with Crippen LogP contribution in [0.4, 0.5) is 5.69 Å². The molecule has 6 rings (SSSR count). The smallest absolute Gasteiger partial charge is 0.312 e. The molecule has 4 bridgehead atoms. The van der Waals surface area contributed by atoms with Crippen molar-refractivity contribution in [1.82, 2.24) is 4.98 Å². The van der Waals surface area contributed by atoms with E-state index in [1.165, 1.54) is 34.1 Å². The zero-order chi connectivity index (χ0) is 52.8. The maximum atomic E-state index is 14.9. The van der Waals surface area contributed by atoms with Crippen molar-refractivity contribution in [3.8, 4) is 17.2 Å². The number of nitrogens with zero attached hydrogens (tertiary/aromatic N) is 2. The van der Waals surface area contributed by atoms with Gasteiger partial charge < -0.3 is 48.1 Å². The standard InChI is InChI=1S/C56H75N3O12/c1-28(2)59(29(3)4,55(13,14)15)24-26-67-38-21-22-39-41(27-38)70-52-45(57-39)42-43-48(62)36(11)51-44(42)53(64)56(16,71-51)68-25-23-40(66-17)35(10)50(69-37(12)60)34(9)32(7)33(8)47(61)30(5)19-18-20-31(6)54(65)58-46(52)49(43)63/h18-23,25,27-30,32-35,40,47,50,61H,24,26H2,1-17H3,(H-,57,58,62,63,64,65)/p+1/b19-18+,25-23+,31-20-/t30-,32+,33-,34+,35+,40-,47-,50-,56-/m0/s1.